The lowest BCUT2D eigenvalue weighted by atomic mass is 10.1. The van der Waals surface area contributed by atoms with Gasteiger partial charge in [-0.3, -0.25) is 4.79 Å². The number of amides is 1. The number of nitrogens with one attached hydrogen (secondary N) is 1. The summed E-state index contributed by atoms with van der Waals surface area (Å²) in [6, 6.07) is 14.3. The van der Waals surface area contributed by atoms with Crippen LogP contribution in [0.4, 0.5) is 13.2 Å². The highest BCUT2D eigenvalue weighted by molar-refractivity contribution is 5.94. The van der Waals surface area contributed by atoms with Gasteiger partial charge in [-0.2, -0.15) is 13.2 Å². The molecule has 3 aromatic rings. The SMILES string of the molecule is O=C(NCCc1nccn1Cc1ccccc1)c1cccc(C(F)(F)F)c1. The van der Waals surface area contributed by atoms with E-state index in [1.807, 2.05) is 41.1 Å². The Morgan fingerprint density at radius 1 is 1.07 bits per heavy atom. The number of halogens is 3. The minimum absolute atomic E-state index is 0.0162. The summed E-state index contributed by atoms with van der Waals surface area (Å²) in [7, 11) is 0. The molecular weight excluding hydrogens is 355 g/mol. The third kappa shape index (κ3) is 4.97. The number of imidazole rings is 1. The van der Waals surface area contributed by atoms with E-state index in [9.17, 15) is 18.0 Å². The van der Waals surface area contributed by atoms with Crippen molar-refractivity contribution in [1.29, 1.82) is 0 Å². The molecule has 7 heteroatoms. The van der Waals surface area contributed by atoms with Crippen LogP contribution >= 0.6 is 0 Å². The van der Waals surface area contributed by atoms with E-state index in [0.717, 1.165) is 23.5 Å². The summed E-state index contributed by atoms with van der Waals surface area (Å²) >= 11 is 0. The molecule has 0 unspecified atom stereocenters. The second-order valence-electron chi connectivity index (χ2n) is 6.04. The van der Waals surface area contributed by atoms with Gasteiger partial charge in [0.05, 0.1) is 5.56 Å². The summed E-state index contributed by atoms with van der Waals surface area (Å²) in [6.07, 6.45) is -0.452. The molecule has 3 rings (SSSR count). The lowest BCUT2D eigenvalue weighted by molar-refractivity contribution is -0.137. The van der Waals surface area contributed by atoms with Crippen LogP contribution in [0.5, 0.6) is 0 Å². The van der Waals surface area contributed by atoms with Crippen LogP contribution in [0, 0.1) is 0 Å². The second-order valence-corrected chi connectivity index (χ2v) is 6.04. The number of benzene rings is 2. The maximum atomic E-state index is 12.7. The molecule has 0 aliphatic carbocycles. The Morgan fingerprint density at radius 3 is 2.59 bits per heavy atom. The normalized spacial score (nSPS) is 11.4. The van der Waals surface area contributed by atoms with Crippen molar-refractivity contribution in [3.05, 3.63) is 89.5 Å². The van der Waals surface area contributed by atoms with Crippen molar-refractivity contribution in [2.24, 2.45) is 0 Å². The quantitative estimate of drug-likeness (QED) is 0.712. The van der Waals surface area contributed by atoms with Gasteiger partial charge in [0.1, 0.15) is 5.82 Å². The molecule has 27 heavy (non-hydrogen) atoms. The maximum absolute atomic E-state index is 12.7. The topological polar surface area (TPSA) is 46.9 Å². The van der Waals surface area contributed by atoms with E-state index in [-0.39, 0.29) is 12.1 Å². The fourth-order valence-corrected chi connectivity index (χ4v) is 2.72. The first-order valence-electron chi connectivity index (χ1n) is 8.43. The number of hydrogen-bond acceptors (Lipinski definition) is 2. The zero-order chi connectivity index (χ0) is 19.3. The molecule has 0 fully saturated rings. The van der Waals surface area contributed by atoms with Crippen LogP contribution in [0.3, 0.4) is 0 Å². The number of aromatic nitrogens is 2. The van der Waals surface area contributed by atoms with Crippen LogP contribution in [0.25, 0.3) is 0 Å². The number of carbonyl (C=O) groups is 1. The molecule has 4 nitrogen and oxygen atoms in total. The molecule has 1 heterocycles. The zero-order valence-corrected chi connectivity index (χ0v) is 14.4. The highest BCUT2D eigenvalue weighted by Crippen LogP contribution is 2.29. The van der Waals surface area contributed by atoms with Crippen LogP contribution in [0.1, 0.15) is 27.3 Å². The van der Waals surface area contributed by atoms with Crippen molar-refractivity contribution in [2.45, 2.75) is 19.1 Å². The summed E-state index contributed by atoms with van der Waals surface area (Å²) in [4.78, 5) is 16.4. The van der Waals surface area contributed by atoms with Crippen molar-refractivity contribution < 1.29 is 18.0 Å². The minimum Gasteiger partial charge on any atom is -0.352 e. The summed E-state index contributed by atoms with van der Waals surface area (Å²) in [5.41, 5.74) is 0.274. The Balaban J connectivity index is 1.58. The first kappa shape index (κ1) is 18.7. The van der Waals surface area contributed by atoms with Crippen LogP contribution in [-0.4, -0.2) is 22.0 Å². The predicted octanol–water partition coefficient (Wildman–Crippen LogP) is 3.92. The first-order valence-corrected chi connectivity index (χ1v) is 8.43. The van der Waals surface area contributed by atoms with Crippen LogP contribution in [0.2, 0.25) is 0 Å². The highest BCUT2D eigenvalue weighted by atomic mass is 19.4. The third-order valence-corrected chi connectivity index (χ3v) is 4.08. The fraction of sp³-hybridized carbons (Fsp3) is 0.200. The van der Waals surface area contributed by atoms with E-state index in [4.69, 9.17) is 0 Å². The van der Waals surface area contributed by atoms with Gasteiger partial charge in [0, 0.05) is 37.5 Å². The molecule has 0 radical (unpaired) electrons. The van der Waals surface area contributed by atoms with E-state index in [2.05, 4.69) is 10.3 Å². The van der Waals surface area contributed by atoms with E-state index >= 15 is 0 Å². The average molecular weight is 373 g/mol. The van der Waals surface area contributed by atoms with Crippen molar-refractivity contribution in [2.75, 3.05) is 6.54 Å². The molecule has 0 aliphatic heterocycles. The molecule has 0 saturated carbocycles. The summed E-state index contributed by atoms with van der Waals surface area (Å²) in [5, 5.41) is 2.65. The van der Waals surface area contributed by atoms with Crippen molar-refractivity contribution in [1.82, 2.24) is 14.9 Å². The Bertz CT molecular complexity index is 904. The number of nitrogens with zero attached hydrogens (tertiary/aromatic N) is 2. The molecule has 1 N–H and O–H groups in total. The Labute approximate surface area is 154 Å². The first-order chi connectivity index (χ1) is 12.9. The Hall–Kier alpha value is -3.09. The average Bonchev–Trinajstić information content (AvgIpc) is 3.09. The van der Waals surface area contributed by atoms with Gasteiger partial charge in [-0.25, -0.2) is 4.98 Å². The van der Waals surface area contributed by atoms with Crippen molar-refractivity contribution >= 4 is 5.91 Å². The summed E-state index contributed by atoms with van der Waals surface area (Å²) < 4.78 is 40.2. The minimum atomic E-state index is -4.47. The number of carbonyl (C=O) groups excluding carboxylic acids is 1. The van der Waals surface area contributed by atoms with Gasteiger partial charge in [-0.1, -0.05) is 36.4 Å². The third-order valence-electron chi connectivity index (χ3n) is 4.08. The van der Waals surface area contributed by atoms with E-state index in [1.54, 1.807) is 6.20 Å². The summed E-state index contributed by atoms with van der Waals surface area (Å²) in [6.45, 7) is 0.943. The maximum Gasteiger partial charge on any atom is 0.416 e. The zero-order valence-electron chi connectivity index (χ0n) is 14.4. The molecule has 0 bridgehead atoms. The van der Waals surface area contributed by atoms with Gasteiger partial charge in [-0.05, 0) is 23.8 Å². The molecule has 0 aliphatic rings. The Kier molecular flexibility index (Phi) is 5.59. The number of rotatable bonds is 6. The predicted molar refractivity (Wildman–Crippen MR) is 95.3 cm³/mol. The monoisotopic (exact) mass is 373 g/mol. The molecule has 0 saturated heterocycles. The molecule has 1 aromatic heterocycles. The largest absolute Gasteiger partial charge is 0.416 e. The van der Waals surface area contributed by atoms with Crippen molar-refractivity contribution in [3.8, 4) is 0 Å². The van der Waals surface area contributed by atoms with Gasteiger partial charge in [0.2, 0.25) is 0 Å². The lowest BCUT2D eigenvalue weighted by Gasteiger charge is -2.10. The van der Waals surface area contributed by atoms with Crippen LogP contribution < -0.4 is 5.32 Å². The molecule has 0 spiro atoms. The van der Waals surface area contributed by atoms with Gasteiger partial charge >= 0.3 is 6.18 Å². The van der Waals surface area contributed by atoms with Gasteiger partial charge in [0.25, 0.3) is 5.91 Å². The molecule has 140 valence electrons. The van der Waals surface area contributed by atoms with Crippen LogP contribution in [0.15, 0.2) is 67.0 Å². The molecule has 1 amide bonds. The van der Waals surface area contributed by atoms with E-state index in [0.29, 0.717) is 13.0 Å². The fourth-order valence-electron chi connectivity index (χ4n) is 2.72. The lowest BCUT2D eigenvalue weighted by Crippen LogP contribution is -2.26. The molecule has 0 atom stereocenters. The summed E-state index contributed by atoms with van der Waals surface area (Å²) in [5.74, 6) is 0.255. The highest BCUT2D eigenvalue weighted by Gasteiger charge is 2.30. The second kappa shape index (κ2) is 8.07. The standard InChI is InChI=1S/C20H18F3N3O/c21-20(22,23)17-8-4-7-16(13-17)19(27)25-10-9-18-24-11-12-26(18)14-15-5-2-1-3-6-15/h1-8,11-13H,9-10,14H2,(H,25,27). The van der Waals surface area contributed by atoms with Gasteiger partial charge < -0.3 is 9.88 Å². The molecular formula is C20H18F3N3O. The molecule has 2 aromatic carbocycles. The van der Waals surface area contributed by atoms with Crippen LogP contribution in [-0.2, 0) is 19.1 Å². The smallest absolute Gasteiger partial charge is 0.352 e. The van der Waals surface area contributed by atoms with Gasteiger partial charge in [0.15, 0.2) is 0 Å². The van der Waals surface area contributed by atoms with Crippen molar-refractivity contribution in [3.63, 3.8) is 0 Å². The van der Waals surface area contributed by atoms with Gasteiger partial charge in [-0.15, -0.1) is 0 Å². The number of hydrogen-bond donors (Lipinski definition) is 1. The van der Waals surface area contributed by atoms with E-state index < -0.39 is 17.6 Å². The van der Waals surface area contributed by atoms with E-state index in [1.165, 1.54) is 12.1 Å². The Morgan fingerprint density at radius 2 is 1.85 bits per heavy atom. The number of alkyl halides is 3.